The van der Waals surface area contributed by atoms with Gasteiger partial charge in [-0.1, -0.05) is 43.7 Å². The highest BCUT2D eigenvalue weighted by molar-refractivity contribution is 5.84. The standard InChI is InChI=1S/C24H33N3O4/c1-2-3-13-25-24(29)27(18-22-12-8-15-31-22)19-23(28)26(17-21-11-7-14-30-21)16-20-9-5-4-6-10-20/h4-7,9-11,14,22H,2-3,8,12-13,15-19H2,1H3,(H,25,29)/t22-/m1/s1. The van der Waals surface area contributed by atoms with Gasteiger partial charge in [0.1, 0.15) is 12.3 Å². The molecule has 1 aromatic carbocycles. The van der Waals surface area contributed by atoms with Crippen LogP contribution in [0.25, 0.3) is 0 Å². The van der Waals surface area contributed by atoms with Gasteiger partial charge >= 0.3 is 6.03 Å². The number of hydrogen-bond acceptors (Lipinski definition) is 4. The van der Waals surface area contributed by atoms with Gasteiger partial charge < -0.3 is 24.3 Å². The van der Waals surface area contributed by atoms with Crippen molar-refractivity contribution in [3.05, 3.63) is 60.1 Å². The van der Waals surface area contributed by atoms with Gasteiger partial charge in [0.15, 0.2) is 0 Å². The molecular weight excluding hydrogens is 394 g/mol. The molecule has 2 heterocycles. The third kappa shape index (κ3) is 7.43. The summed E-state index contributed by atoms with van der Waals surface area (Å²) in [6.07, 6.45) is 5.39. The van der Waals surface area contributed by atoms with E-state index in [1.165, 1.54) is 0 Å². The van der Waals surface area contributed by atoms with Gasteiger partial charge in [-0.25, -0.2) is 4.79 Å². The second kappa shape index (κ2) is 12.2. The van der Waals surface area contributed by atoms with Gasteiger partial charge in [0.05, 0.1) is 18.9 Å². The summed E-state index contributed by atoms with van der Waals surface area (Å²) in [5, 5.41) is 2.94. The first kappa shape index (κ1) is 22.9. The van der Waals surface area contributed by atoms with E-state index in [9.17, 15) is 9.59 Å². The lowest BCUT2D eigenvalue weighted by Gasteiger charge is -2.29. The van der Waals surface area contributed by atoms with E-state index in [2.05, 4.69) is 12.2 Å². The summed E-state index contributed by atoms with van der Waals surface area (Å²) in [5.74, 6) is 0.589. The van der Waals surface area contributed by atoms with Crippen molar-refractivity contribution in [1.29, 1.82) is 0 Å². The molecule has 1 fully saturated rings. The molecular formula is C24H33N3O4. The number of nitrogens with zero attached hydrogens (tertiary/aromatic N) is 2. The Morgan fingerprint density at radius 2 is 1.94 bits per heavy atom. The first-order valence-electron chi connectivity index (χ1n) is 11.1. The molecule has 0 bridgehead atoms. The SMILES string of the molecule is CCCCNC(=O)N(CC(=O)N(Cc1ccccc1)Cc1ccco1)C[C@H]1CCCO1. The van der Waals surface area contributed by atoms with Crippen molar-refractivity contribution in [1.82, 2.24) is 15.1 Å². The molecule has 1 aliphatic rings. The Balaban J connectivity index is 1.69. The molecule has 0 aliphatic carbocycles. The summed E-state index contributed by atoms with van der Waals surface area (Å²) < 4.78 is 11.2. The van der Waals surface area contributed by atoms with Crippen molar-refractivity contribution in [2.45, 2.75) is 51.8 Å². The Bertz CT molecular complexity index is 788. The van der Waals surface area contributed by atoms with Crippen LogP contribution in [0.15, 0.2) is 53.1 Å². The summed E-state index contributed by atoms with van der Waals surface area (Å²) in [6.45, 7) is 4.62. The van der Waals surface area contributed by atoms with Gasteiger partial charge in [0, 0.05) is 26.2 Å². The normalized spacial score (nSPS) is 15.6. The Hall–Kier alpha value is -2.80. The van der Waals surface area contributed by atoms with Crippen molar-refractivity contribution in [3.63, 3.8) is 0 Å². The van der Waals surface area contributed by atoms with Gasteiger partial charge in [-0.15, -0.1) is 0 Å². The number of carbonyl (C=O) groups excluding carboxylic acids is 2. The van der Waals surface area contributed by atoms with E-state index in [1.54, 1.807) is 16.1 Å². The number of ether oxygens (including phenoxy) is 1. The van der Waals surface area contributed by atoms with Crippen molar-refractivity contribution in [3.8, 4) is 0 Å². The quantitative estimate of drug-likeness (QED) is 0.554. The summed E-state index contributed by atoms with van der Waals surface area (Å²) in [6, 6.07) is 13.3. The minimum absolute atomic E-state index is 0.00532. The number of benzene rings is 1. The lowest BCUT2D eigenvalue weighted by molar-refractivity contribution is -0.133. The van der Waals surface area contributed by atoms with Crippen LogP contribution in [0.2, 0.25) is 0 Å². The van der Waals surface area contributed by atoms with Crippen LogP contribution in [0.3, 0.4) is 0 Å². The van der Waals surface area contributed by atoms with Crippen LogP contribution in [0, 0.1) is 0 Å². The zero-order chi connectivity index (χ0) is 21.9. The van der Waals surface area contributed by atoms with E-state index >= 15 is 0 Å². The first-order valence-corrected chi connectivity index (χ1v) is 11.1. The summed E-state index contributed by atoms with van der Waals surface area (Å²) in [4.78, 5) is 29.4. The number of nitrogens with one attached hydrogen (secondary N) is 1. The van der Waals surface area contributed by atoms with E-state index < -0.39 is 0 Å². The molecule has 1 aliphatic heterocycles. The number of rotatable bonds is 11. The molecule has 0 spiro atoms. The molecule has 3 rings (SSSR count). The zero-order valence-corrected chi connectivity index (χ0v) is 18.3. The van der Waals surface area contributed by atoms with Gasteiger partial charge in [0.25, 0.3) is 0 Å². The van der Waals surface area contributed by atoms with Gasteiger partial charge in [-0.05, 0) is 37.0 Å². The van der Waals surface area contributed by atoms with Crippen LogP contribution in [0.4, 0.5) is 4.79 Å². The highest BCUT2D eigenvalue weighted by atomic mass is 16.5. The van der Waals surface area contributed by atoms with Crippen LogP contribution in [0.1, 0.15) is 43.9 Å². The lowest BCUT2D eigenvalue weighted by Crippen LogP contribution is -2.49. The minimum Gasteiger partial charge on any atom is -0.467 e. The second-order valence-corrected chi connectivity index (χ2v) is 7.92. The van der Waals surface area contributed by atoms with E-state index in [-0.39, 0.29) is 24.6 Å². The fourth-order valence-corrected chi connectivity index (χ4v) is 3.63. The highest BCUT2D eigenvalue weighted by Gasteiger charge is 2.26. The number of amides is 3. The number of carbonyl (C=O) groups is 2. The molecule has 0 radical (unpaired) electrons. The van der Waals surface area contributed by atoms with Crippen molar-refractivity contribution in [2.24, 2.45) is 0 Å². The maximum Gasteiger partial charge on any atom is 0.317 e. The molecule has 0 saturated carbocycles. The summed E-state index contributed by atoms with van der Waals surface area (Å²) in [5.41, 5.74) is 1.03. The highest BCUT2D eigenvalue weighted by Crippen LogP contribution is 2.15. The van der Waals surface area contributed by atoms with Gasteiger partial charge in [-0.2, -0.15) is 0 Å². The summed E-state index contributed by atoms with van der Waals surface area (Å²) in [7, 11) is 0. The van der Waals surface area contributed by atoms with Gasteiger partial charge in [-0.3, -0.25) is 4.79 Å². The average Bonchev–Trinajstić information content (AvgIpc) is 3.48. The van der Waals surface area contributed by atoms with Gasteiger partial charge in [0.2, 0.25) is 5.91 Å². The lowest BCUT2D eigenvalue weighted by atomic mass is 10.2. The third-order valence-corrected chi connectivity index (χ3v) is 5.36. The molecule has 31 heavy (non-hydrogen) atoms. The molecule has 1 saturated heterocycles. The van der Waals surface area contributed by atoms with Crippen LogP contribution in [0.5, 0.6) is 0 Å². The summed E-state index contributed by atoms with van der Waals surface area (Å²) >= 11 is 0. The third-order valence-electron chi connectivity index (χ3n) is 5.36. The smallest absolute Gasteiger partial charge is 0.317 e. The fraction of sp³-hybridized carbons (Fsp3) is 0.500. The molecule has 7 heteroatoms. The van der Waals surface area contributed by atoms with E-state index in [0.717, 1.165) is 31.2 Å². The zero-order valence-electron chi connectivity index (χ0n) is 18.3. The largest absolute Gasteiger partial charge is 0.467 e. The van der Waals surface area contributed by atoms with Crippen LogP contribution < -0.4 is 5.32 Å². The Labute approximate surface area is 184 Å². The van der Waals surface area contributed by atoms with Crippen molar-refractivity contribution < 1.29 is 18.7 Å². The molecule has 3 amide bonds. The number of furan rings is 1. The molecule has 168 valence electrons. The Morgan fingerprint density at radius 1 is 1.10 bits per heavy atom. The molecule has 1 N–H and O–H groups in total. The molecule has 2 aromatic rings. The van der Waals surface area contributed by atoms with E-state index in [1.807, 2.05) is 42.5 Å². The number of urea groups is 1. The van der Waals surface area contributed by atoms with Crippen molar-refractivity contribution >= 4 is 11.9 Å². The first-order chi connectivity index (χ1) is 15.2. The van der Waals surface area contributed by atoms with E-state index in [0.29, 0.717) is 38.5 Å². The topological polar surface area (TPSA) is 75.0 Å². The molecule has 1 aromatic heterocycles. The maximum atomic E-state index is 13.3. The van der Waals surface area contributed by atoms with E-state index in [4.69, 9.17) is 9.15 Å². The predicted octanol–water partition coefficient (Wildman–Crippen LogP) is 3.80. The molecule has 0 unspecified atom stereocenters. The Kier molecular flexibility index (Phi) is 8.97. The minimum atomic E-state index is -0.213. The molecule has 7 nitrogen and oxygen atoms in total. The number of hydrogen-bond donors (Lipinski definition) is 1. The molecule has 1 atom stereocenters. The fourth-order valence-electron chi connectivity index (χ4n) is 3.63. The van der Waals surface area contributed by atoms with Crippen LogP contribution in [-0.4, -0.2) is 54.1 Å². The van der Waals surface area contributed by atoms with Crippen molar-refractivity contribution in [2.75, 3.05) is 26.2 Å². The number of unbranched alkanes of at least 4 members (excludes halogenated alkanes) is 1. The maximum absolute atomic E-state index is 13.3. The predicted molar refractivity (Wildman–Crippen MR) is 118 cm³/mol. The second-order valence-electron chi connectivity index (χ2n) is 7.92. The van der Waals surface area contributed by atoms with Crippen LogP contribution in [-0.2, 0) is 22.6 Å². The Morgan fingerprint density at radius 3 is 2.61 bits per heavy atom. The van der Waals surface area contributed by atoms with Crippen LogP contribution >= 0.6 is 0 Å². The average molecular weight is 428 g/mol. The monoisotopic (exact) mass is 427 g/mol.